The largest absolute Gasteiger partial charge is 0.280 e. The molecule has 0 saturated heterocycles. The van der Waals surface area contributed by atoms with E-state index in [0.29, 0.717) is 0 Å². The number of rotatable bonds is 1. The van der Waals surface area contributed by atoms with Crippen LogP contribution in [-0.4, -0.2) is 9.36 Å². The molecule has 3 aromatic rings. The second kappa shape index (κ2) is 4.14. The van der Waals surface area contributed by atoms with E-state index in [2.05, 4.69) is 15.9 Å². The van der Waals surface area contributed by atoms with Crippen LogP contribution < -0.4 is 5.56 Å². The van der Waals surface area contributed by atoms with Crippen molar-refractivity contribution in [3.05, 3.63) is 63.4 Å². The zero-order chi connectivity index (χ0) is 12.7. The zero-order valence-electron chi connectivity index (χ0n) is 9.80. The molecule has 0 bridgehead atoms. The lowest BCUT2D eigenvalue weighted by molar-refractivity contribution is 0.666. The molecule has 1 heterocycles. The molecule has 0 aliphatic heterocycles. The molecule has 0 unspecified atom stereocenters. The SMILES string of the molecule is Cn1c2ccccc2c(=O)n1-c1ccc(Br)cc1. The van der Waals surface area contributed by atoms with E-state index in [0.717, 1.165) is 21.1 Å². The van der Waals surface area contributed by atoms with Crippen LogP contribution in [0.3, 0.4) is 0 Å². The fourth-order valence-corrected chi connectivity index (χ4v) is 2.43. The lowest BCUT2D eigenvalue weighted by Gasteiger charge is -2.07. The van der Waals surface area contributed by atoms with E-state index in [1.807, 2.05) is 60.3 Å². The predicted molar refractivity (Wildman–Crippen MR) is 76.2 cm³/mol. The molecular weight excluding hydrogens is 292 g/mol. The Bertz CT molecular complexity index is 769. The normalized spacial score (nSPS) is 11.0. The third kappa shape index (κ3) is 1.61. The van der Waals surface area contributed by atoms with Crippen molar-refractivity contribution in [3.8, 4) is 5.69 Å². The molecule has 0 atom stereocenters. The fourth-order valence-electron chi connectivity index (χ4n) is 2.17. The minimum absolute atomic E-state index is 0.00965. The summed E-state index contributed by atoms with van der Waals surface area (Å²) in [7, 11) is 1.89. The minimum atomic E-state index is 0.00965. The molecule has 3 rings (SSSR count). The zero-order valence-corrected chi connectivity index (χ0v) is 11.4. The van der Waals surface area contributed by atoms with E-state index < -0.39 is 0 Å². The van der Waals surface area contributed by atoms with Gasteiger partial charge < -0.3 is 0 Å². The van der Waals surface area contributed by atoms with Crippen LogP contribution in [-0.2, 0) is 7.05 Å². The van der Waals surface area contributed by atoms with Crippen LogP contribution in [0.1, 0.15) is 0 Å². The Morgan fingerprint density at radius 3 is 2.33 bits per heavy atom. The maximum absolute atomic E-state index is 12.4. The Hall–Kier alpha value is -1.81. The van der Waals surface area contributed by atoms with Crippen molar-refractivity contribution in [2.45, 2.75) is 0 Å². The van der Waals surface area contributed by atoms with Crippen LogP contribution in [0, 0.1) is 0 Å². The van der Waals surface area contributed by atoms with Crippen molar-refractivity contribution in [2.24, 2.45) is 7.05 Å². The van der Waals surface area contributed by atoms with Gasteiger partial charge in [0.05, 0.1) is 16.6 Å². The smallest absolute Gasteiger partial charge is 0.279 e. The van der Waals surface area contributed by atoms with E-state index in [1.165, 1.54) is 0 Å². The molecule has 2 aromatic carbocycles. The van der Waals surface area contributed by atoms with E-state index in [1.54, 1.807) is 4.68 Å². The number of hydrogen-bond acceptors (Lipinski definition) is 1. The number of aromatic nitrogens is 2. The van der Waals surface area contributed by atoms with Gasteiger partial charge in [-0.1, -0.05) is 28.1 Å². The van der Waals surface area contributed by atoms with Crippen molar-refractivity contribution >= 4 is 26.8 Å². The van der Waals surface area contributed by atoms with Crippen LogP contribution in [0.15, 0.2) is 57.8 Å². The van der Waals surface area contributed by atoms with Gasteiger partial charge in [-0.15, -0.1) is 0 Å². The van der Waals surface area contributed by atoms with Gasteiger partial charge in [-0.3, -0.25) is 9.48 Å². The van der Waals surface area contributed by atoms with Crippen LogP contribution in [0.5, 0.6) is 0 Å². The van der Waals surface area contributed by atoms with E-state index in [9.17, 15) is 4.79 Å². The maximum Gasteiger partial charge on any atom is 0.279 e. The molecule has 0 radical (unpaired) electrons. The molecule has 0 spiro atoms. The molecule has 0 aliphatic carbocycles. The summed E-state index contributed by atoms with van der Waals surface area (Å²) in [6.07, 6.45) is 0. The van der Waals surface area contributed by atoms with Crippen molar-refractivity contribution in [2.75, 3.05) is 0 Å². The summed E-state index contributed by atoms with van der Waals surface area (Å²) in [6, 6.07) is 15.3. The van der Waals surface area contributed by atoms with E-state index >= 15 is 0 Å². The molecule has 1 aromatic heterocycles. The van der Waals surface area contributed by atoms with E-state index in [4.69, 9.17) is 0 Å². The highest BCUT2D eigenvalue weighted by atomic mass is 79.9. The van der Waals surface area contributed by atoms with Gasteiger partial charge in [0.2, 0.25) is 0 Å². The number of aryl methyl sites for hydroxylation is 1. The molecule has 0 saturated carbocycles. The highest BCUT2D eigenvalue weighted by Crippen LogP contribution is 2.16. The van der Waals surface area contributed by atoms with Gasteiger partial charge in [0.1, 0.15) is 0 Å². The molecule has 0 N–H and O–H groups in total. The third-order valence-electron chi connectivity index (χ3n) is 3.05. The van der Waals surface area contributed by atoms with E-state index in [-0.39, 0.29) is 5.56 Å². The Morgan fingerprint density at radius 1 is 1.00 bits per heavy atom. The highest BCUT2D eigenvalue weighted by molar-refractivity contribution is 9.10. The number of para-hydroxylation sites is 1. The summed E-state index contributed by atoms with van der Waals surface area (Å²) in [5, 5.41) is 0.739. The maximum atomic E-state index is 12.4. The van der Waals surface area contributed by atoms with Gasteiger partial charge in [0.25, 0.3) is 5.56 Å². The van der Waals surface area contributed by atoms with Crippen LogP contribution in [0.2, 0.25) is 0 Å². The summed E-state index contributed by atoms with van der Waals surface area (Å²) < 4.78 is 4.55. The lowest BCUT2D eigenvalue weighted by atomic mass is 10.2. The van der Waals surface area contributed by atoms with Gasteiger partial charge in [0.15, 0.2) is 0 Å². The minimum Gasteiger partial charge on any atom is -0.280 e. The first kappa shape index (κ1) is 11.3. The molecule has 0 amide bonds. The van der Waals surface area contributed by atoms with Crippen molar-refractivity contribution < 1.29 is 0 Å². The molecule has 90 valence electrons. The first-order valence-corrected chi connectivity index (χ1v) is 6.40. The predicted octanol–water partition coefficient (Wildman–Crippen LogP) is 3.09. The molecule has 0 fully saturated rings. The summed E-state index contributed by atoms with van der Waals surface area (Å²) in [5.41, 5.74) is 1.81. The van der Waals surface area contributed by atoms with Crippen molar-refractivity contribution in [3.63, 3.8) is 0 Å². The van der Waals surface area contributed by atoms with Crippen LogP contribution in [0.4, 0.5) is 0 Å². The molecular formula is C14H11BrN2O. The Kier molecular flexibility index (Phi) is 2.59. The number of nitrogens with zero attached hydrogens (tertiary/aromatic N) is 2. The standard InChI is InChI=1S/C14H11BrN2O/c1-16-13-5-3-2-4-12(13)14(18)17(16)11-8-6-10(15)7-9-11/h2-9H,1H3. The molecule has 18 heavy (non-hydrogen) atoms. The Morgan fingerprint density at radius 2 is 1.67 bits per heavy atom. The average Bonchev–Trinajstić information content (AvgIpc) is 2.64. The van der Waals surface area contributed by atoms with Gasteiger partial charge in [-0.05, 0) is 36.4 Å². The van der Waals surface area contributed by atoms with Gasteiger partial charge >= 0.3 is 0 Å². The summed E-state index contributed by atoms with van der Waals surface area (Å²) >= 11 is 3.40. The summed E-state index contributed by atoms with van der Waals surface area (Å²) in [6.45, 7) is 0. The average molecular weight is 303 g/mol. The topological polar surface area (TPSA) is 26.9 Å². The molecule has 3 nitrogen and oxygen atoms in total. The Balaban J connectivity index is 2.36. The van der Waals surface area contributed by atoms with Crippen LogP contribution >= 0.6 is 15.9 Å². The number of halogens is 1. The summed E-state index contributed by atoms with van der Waals surface area (Å²) in [5.74, 6) is 0. The molecule has 0 aliphatic rings. The third-order valence-corrected chi connectivity index (χ3v) is 3.58. The van der Waals surface area contributed by atoms with Crippen molar-refractivity contribution in [1.82, 2.24) is 9.36 Å². The number of hydrogen-bond donors (Lipinski definition) is 0. The summed E-state index contributed by atoms with van der Waals surface area (Å²) in [4.78, 5) is 12.4. The fraction of sp³-hybridized carbons (Fsp3) is 0.0714. The second-order valence-corrected chi connectivity index (χ2v) is 5.05. The monoisotopic (exact) mass is 302 g/mol. The quantitative estimate of drug-likeness (QED) is 0.678. The highest BCUT2D eigenvalue weighted by Gasteiger charge is 2.10. The van der Waals surface area contributed by atoms with Gasteiger partial charge in [0, 0.05) is 11.5 Å². The first-order chi connectivity index (χ1) is 8.68. The van der Waals surface area contributed by atoms with Crippen molar-refractivity contribution in [1.29, 1.82) is 0 Å². The number of fused-ring (bicyclic) bond motifs is 1. The first-order valence-electron chi connectivity index (χ1n) is 5.61. The van der Waals surface area contributed by atoms with Gasteiger partial charge in [-0.25, -0.2) is 4.68 Å². The van der Waals surface area contributed by atoms with Crippen LogP contribution in [0.25, 0.3) is 16.6 Å². The Labute approximate surface area is 112 Å². The number of benzene rings is 2. The van der Waals surface area contributed by atoms with Gasteiger partial charge in [-0.2, -0.15) is 0 Å². The lowest BCUT2D eigenvalue weighted by Crippen LogP contribution is -2.19. The molecule has 4 heteroatoms. The second-order valence-electron chi connectivity index (χ2n) is 4.13.